The summed E-state index contributed by atoms with van der Waals surface area (Å²) in [4.78, 5) is 17.4. The maximum absolute atomic E-state index is 14.0. The fourth-order valence-electron chi connectivity index (χ4n) is 5.73. The van der Waals surface area contributed by atoms with Crippen LogP contribution in [0.15, 0.2) is 65.5 Å². The molecule has 0 amide bonds. The first-order chi connectivity index (χ1) is 21.8. The van der Waals surface area contributed by atoms with Crippen molar-refractivity contribution in [3.63, 3.8) is 0 Å². The number of fused-ring (bicyclic) bond motifs is 2. The molecule has 0 radical (unpaired) electrons. The lowest BCUT2D eigenvalue weighted by atomic mass is 9.96. The summed E-state index contributed by atoms with van der Waals surface area (Å²) in [5.74, 6) is 0. The van der Waals surface area contributed by atoms with Gasteiger partial charge in [0.1, 0.15) is 12.1 Å². The van der Waals surface area contributed by atoms with Crippen molar-refractivity contribution in [1.29, 1.82) is 10.5 Å². The van der Waals surface area contributed by atoms with E-state index < -0.39 is 17.8 Å². The van der Waals surface area contributed by atoms with Crippen LogP contribution in [0.3, 0.4) is 0 Å². The standard InChI is InChI=1S/C33H32F3N9O/c1-31(2,3)18-40-28-20(15-38)16-39-27-19(14-37)12-21(13-25(27)28)41-29(23-6-5-7-24-22(23)8-11-44(4)30(24)46)26-17-45(43-42-26)32(9-10-32)33(34,35)36/h5-8,11-13,16-17,29,41-43H,9-10,18H2,1-4H3,(H,39,40)/t29-/m0/s1. The molecule has 1 atom stereocenters. The average Bonchev–Trinajstić information content (AvgIpc) is 3.70. The SMILES string of the molecule is Cn1ccc2c([C@H](Nc3cc(C#N)c4ncc(C#N)c(NCC(C)(C)C)c4c3)C3=CN(C4(C(F)(F)F)CC4)NN3)cccc2c1=O. The summed E-state index contributed by atoms with van der Waals surface area (Å²) in [6.07, 6.45) is -0.0813. The van der Waals surface area contributed by atoms with Gasteiger partial charge in [0.2, 0.25) is 0 Å². The molecule has 236 valence electrons. The van der Waals surface area contributed by atoms with Gasteiger partial charge in [-0.1, -0.05) is 32.9 Å². The van der Waals surface area contributed by atoms with Gasteiger partial charge in [0.05, 0.1) is 34.1 Å². The smallest absolute Gasteiger partial charge is 0.383 e. The molecule has 46 heavy (non-hydrogen) atoms. The summed E-state index contributed by atoms with van der Waals surface area (Å²) in [6, 6.07) is 14.0. The zero-order valence-corrected chi connectivity index (χ0v) is 25.7. The van der Waals surface area contributed by atoms with Crippen LogP contribution in [0.4, 0.5) is 24.5 Å². The van der Waals surface area contributed by atoms with Gasteiger partial charge in [-0.25, -0.2) is 0 Å². The quantitative estimate of drug-likeness (QED) is 0.204. The van der Waals surface area contributed by atoms with Gasteiger partial charge in [0, 0.05) is 48.6 Å². The molecule has 4 N–H and O–H groups in total. The molecule has 10 nitrogen and oxygen atoms in total. The van der Waals surface area contributed by atoms with Crippen molar-refractivity contribution in [1.82, 2.24) is 25.5 Å². The number of pyridine rings is 2. The van der Waals surface area contributed by atoms with E-state index in [1.807, 2.05) is 0 Å². The monoisotopic (exact) mass is 627 g/mol. The summed E-state index contributed by atoms with van der Waals surface area (Å²) < 4.78 is 43.6. The van der Waals surface area contributed by atoms with E-state index in [4.69, 9.17) is 0 Å². The van der Waals surface area contributed by atoms with Gasteiger partial charge in [-0.15, -0.1) is 5.53 Å². The predicted molar refractivity (Wildman–Crippen MR) is 169 cm³/mol. The van der Waals surface area contributed by atoms with E-state index in [0.29, 0.717) is 56.4 Å². The normalized spacial score (nSPS) is 16.4. The number of hydrogen-bond donors (Lipinski definition) is 4. The molecule has 0 saturated heterocycles. The van der Waals surface area contributed by atoms with Crippen molar-refractivity contribution in [2.45, 2.75) is 51.4 Å². The second-order valence-electron chi connectivity index (χ2n) is 12.9. The molecule has 2 aromatic heterocycles. The van der Waals surface area contributed by atoms with Gasteiger partial charge in [-0.05, 0) is 53.5 Å². The van der Waals surface area contributed by atoms with Crippen molar-refractivity contribution in [2.24, 2.45) is 12.5 Å². The Bertz CT molecular complexity index is 2040. The van der Waals surface area contributed by atoms with Crippen LogP contribution < -0.4 is 27.2 Å². The van der Waals surface area contributed by atoms with E-state index in [1.165, 1.54) is 17.0 Å². The van der Waals surface area contributed by atoms with Crippen LogP contribution in [-0.4, -0.2) is 32.8 Å². The third-order valence-corrected chi connectivity index (χ3v) is 8.40. The Labute approximate surface area is 263 Å². The molecule has 0 spiro atoms. The van der Waals surface area contributed by atoms with Crippen LogP contribution in [-0.2, 0) is 7.05 Å². The topological polar surface area (TPSA) is 134 Å². The number of anilines is 2. The summed E-state index contributed by atoms with van der Waals surface area (Å²) >= 11 is 0. The van der Waals surface area contributed by atoms with Crippen LogP contribution in [0.5, 0.6) is 0 Å². The minimum atomic E-state index is -4.45. The highest BCUT2D eigenvalue weighted by atomic mass is 19.4. The molecule has 1 saturated carbocycles. The number of hydrogen-bond acceptors (Lipinski definition) is 9. The third-order valence-electron chi connectivity index (χ3n) is 8.40. The Hall–Kier alpha value is -5.27. The molecular weight excluding hydrogens is 595 g/mol. The Morgan fingerprint density at radius 3 is 2.46 bits per heavy atom. The minimum Gasteiger partial charge on any atom is -0.383 e. The number of nitrogens with one attached hydrogen (secondary N) is 4. The number of benzene rings is 2. The Balaban J connectivity index is 1.52. The molecule has 4 aromatic rings. The molecule has 13 heteroatoms. The van der Waals surface area contributed by atoms with Crippen molar-refractivity contribution in [3.05, 3.63) is 87.7 Å². The zero-order chi connectivity index (χ0) is 33.0. The van der Waals surface area contributed by atoms with Crippen molar-refractivity contribution >= 4 is 33.1 Å². The average molecular weight is 628 g/mol. The molecule has 2 aromatic carbocycles. The highest BCUT2D eigenvalue weighted by Gasteiger charge is 2.67. The molecular formula is C33H32F3N9O. The Morgan fingerprint density at radius 1 is 1.07 bits per heavy atom. The van der Waals surface area contributed by atoms with E-state index in [9.17, 15) is 28.5 Å². The molecule has 6 rings (SSSR count). The van der Waals surface area contributed by atoms with Crippen LogP contribution in [0.25, 0.3) is 21.7 Å². The van der Waals surface area contributed by atoms with Crippen molar-refractivity contribution in [2.75, 3.05) is 17.2 Å². The predicted octanol–water partition coefficient (Wildman–Crippen LogP) is 5.70. The fraction of sp³-hybridized carbons (Fsp3) is 0.333. The van der Waals surface area contributed by atoms with Crippen LogP contribution >= 0.6 is 0 Å². The van der Waals surface area contributed by atoms with E-state index in [-0.39, 0.29) is 29.4 Å². The molecule has 3 heterocycles. The number of nitrogens with zero attached hydrogens (tertiary/aromatic N) is 5. The van der Waals surface area contributed by atoms with Crippen LogP contribution in [0.2, 0.25) is 0 Å². The fourth-order valence-corrected chi connectivity index (χ4v) is 5.73. The van der Waals surface area contributed by atoms with Crippen LogP contribution in [0, 0.1) is 28.1 Å². The minimum absolute atomic E-state index is 0.0495. The lowest BCUT2D eigenvalue weighted by Gasteiger charge is -2.28. The van der Waals surface area contributed by atoms with Gasteiger partial charge < -0.3 is 20.6 Å². The summed E-state index contributed by atoms with van der Waals surface area (Å²) in [7, 11) is 1.65. The van der Waals surface area contributed by atoms with Gasteiger partial charge in [0.25, 0.3) is 5.56 Å². The number of hydrazine groups is 2. The van der Waals surface area contributed by atoms with Crippen LogP contribution in [0.1, 0.15) is 56.3 Å². The van der Waals surface area contributed by atoms with E-state index in [0.717, 1.165) is 5.01 Å². The number of halogens is 3. The number of aryl methyl sites for hydroxylation is 1. The van der Waals surface area contributed by atoms with Gasteiger partial charge in [-0.3, -0.25) is 14.8 Å². The first-order valence-electron chi connectivity index (χ1n) is 14.7. The summed E-state index contributed by atoms with van der Waals surface area (Å²) in [5.41, 5.74) is 6.19. The molecule has 1 aliphatic heterocycles. The maximum atomic E-state index is 14.0. The highest BCUT2D eigenvalue weighted by Crippen LogP contribution is 2.54. The van der Waals surface area contributed by atoms with E-state index in [2.05, 4.69) is 59.5 Å². The molecule has 0 unspecified atom stereocenters. The zero-order valence-electron chi connectivity index (χ0n) is 25.7. The summed E-state index contributed by atoms with van der Waals surface area (Å²) in [6.45, 7) is 6.69. The third kappa shape index (κ3) is 5.33. The molecule has 0 bridgehead atoms. The van der Waals surface area contributed by atoms with Crippen molar-refractivity contribution in [3.8, 4) is 12.1 Å². The van der Waals surface area contributed by atoms with E-state index >= 15 is 0 Å². The second-order valence-corrected chi connectivity index (χ2v) is 12.9. The van der Waals surface area contributed by atoms with Gasteiger partial charge in [-0.2, -0.15) is 23.7 Å². The maximum Gasteiger partial charge on any atom is 0.413 e. The van der Waals surface area contributed by atoms with Gasteiger partial charge >= 0.3 is 6.18 Å². The summed E-state index contributed by atoms with van der Waals surface area (Å²) in [5, 5.41) is 29.4. The number of alkyl halides is 3. The van der Waals surface area contributed by atoms with E-state index in [1.54, 1.807) is 49.6 Å². The van der Waals surface area contributed by atoms with Gasteiger partial charge in [0.15, 0.2) is 5.54 Å². The number of nitriles is 2. The first-order valence-corrected chi connectivity index (χ1v) is 14.7. The molecule has 1 fully saturated rings. The largest absolute Gasteiger partial charge is 0.413 e. The Kier molecular flexibility index (Phi) is 7.33. The second kappa shape index (κ2) is 11.0. The van der Waals surface area contributed by atoms with Crippen molar-refractivity contribution < 1.29 is 13.2 Å². The number of rotatable bonds is 7. The highest BCUT2D eigenvalue weighted by molar-refractivity contribution is 5.99. The first kappa shape index (κ1) is 30.7. The molecule has 2 aliphatic rings. The Morgan fingerprint density at radius 2 is 1.80 bits per heavy atom. The number of aromatic nitrogens is 2. The lowest BCUT2D eigenvalue weighted by Crippen LogP contribution is -2.52. The lowest BCUT2D eigenvalue weighted by molar-refractivity contribution is -0.195. The molecule has 1 aliphatic carbocycles.